The average Bonchev–Trinajstić information content (AvgIpc) is 2.99. The minimum Gasteiger partial charge on any atom is -0.462 e. The second kappa shape index (κ2) is 26.7. The van der Waals surface area contributed by atoms with Crippen LogP contribution >= 0.6 is 0 Å². The molecule has 0 aromatic heterocycles. The number of rotatable bonds is 27. The molecule has 2 unspecified atom stereocenters. The van der Waals surface area contributed by atoms with E-state index in [1.165, 1.54) is 89.9 Å². The SMILES string of the molecule is CN(C)CCCC(=O)OC(CCCCCCCCCOC1CCCCO1)CCCCCCCCCOC1CCCCO1. The first-order valence-corrected chi connectivity index (χ1v) is 17.9. The van der Waals surface area contributed by atoms with Crippen molar-refractivity contribution >= 4 is 5.97 Å². The topological polar surface area (TPSA) is 66.5 Å². The normalized spacial score (nSPS) is 20.2. The van der Waals surface area contributed by atoms with Gasteiger partial charge in [0.25, 0.3) is 0 Å². The molecule has 2 rings (SSSR count). The van der Waals surface area contributed by atoms with Crippen LogP contribution in [0.3, 0.4) is 0 Å². The van der Waals surface area contributed by atoms with Crippen LogP contribution in [-0.4, -0.2) is 76.6 Å². The Balaban J connectivity index is 1.47. The van der Waals surface area contributed by atoms with Crippen molar-refractivity contribution in [1.82, 2.24) is 4.90 Å². The average molecular weight is 598 g/mol. The Morgan fingerprint density at radius 3 is 1.52 bits per heavy atom. The molecular formula is C35H67NO6. The van der Waals surface area contributed by atoms with E-state index in [4.69, 9.17) is 23.7 Å². The van der Waals surface area contributed by atoms with Gasteiger partial charge in [0.05, 0.1) is 0 Å². The van der Waals surface area contributed by atoms with E-state index in [1.807, 2.05) is 0 Å². The lowest BCUT2D eigenvalue weighted by Crippen LogP contribution is -2.22. The van der Waals surface area contributed by atoms with Gasteiger partial charge >= 0.3 is 5.97 Å². The van der Waals surface area contributed by atoms with Gasteiger partial charge in [-0.25, -0.2) is 0 Å². The van der Waals surface area contributed by atoms with Crippen molar-refractivity contribution in [2.24, 2.45) is 0 Å². The van der Waals surface area contributed by atoms with Gasteiger partial charge < -0.3 is 28.6 Å². The number of carbonyl (C=O) groups excluding carboxylic acids is 1. The van der Waals surface area contributed by atoms with Crippen molar-refractivity contribution in [3.8, 4) is 0 Å². The standard InChI is InChI=1S/C35H67NO6/c1-36(2)27-21-24-33(37)42-32(22-13-9-5-3-7-11-17-28-38-34-25-15-19-30-40-34)23-14-10-6-4-8-12-18-29-39-35-26-16-20-31-41-35/h32,34-35H,3-31H2,1-2H3. The molecule has 7 heteroatoms. The highest BCUT2D eigenvalue weighted by Gasteiger charge is 2.16. The van der Waals surface area contributed by atoms with Crippen LogP contribution in [0.4, 0.5) is 0 Å². The van der Waals surface area contributed by atoms with Gasteiger partial charge in [0.2, 0.25) is 0 Å². The summed E-state index contributed by atoms with van der Waals surface area (Å²) in [6, 6.07) is 0. The first-order chi connectivity index (χ1) is 20.6. The molecule has 0 N–H and O–H groups in total. The molecular weight excluding hydrogens is 530 g/mol. The van der Waals surface area contributed by atoms with Crippen LogP contribution in [0.1, 0.15) is 154 Å². The van der Waals surface area contributed by atoms with Gasteiger partial charge in [0.15, 0.2) is 12.6 Å². The molecule has 0 aromatic rings. The molecule has 0 spiro atoms. The van der Waals surface area contributed by atoms with Crippen LogP contribution in [0.15, 0.2) is 0 Å². The van der Waals surface area contributed by atoms with Crippen molar-refractivity contribution < 1.29 is 28.5 Å². The van der Waals surface area contributed by atoms with Crippen LogP contribution < -0.4 is 0 Å². The predicted octanol–water partition coefficient (Wildman–Crippen LogP) is 8.57. The van der Waals surface area contributed by atoms with E-state index in [1.54, 1.807) is 0 Å². The molecule has 2 saturated heterocycles. The van der Waals surface area contributed by atoms with Crippen molar-refractivity contribution in [2.45, 2.75) is 173 Å². The first-order valence-electron chi connectivity index (χ1n) is 17.9. The minimum atomic E-state index is -0.0106. The Labute approximate surface area is 259 Å². The maximum absolute atomic E-state index is 12.5. The van der Waals surface area contributed by atoms with E-state index in [0.29, 0.717) is 6.42 Å². The van der Waals surface area contributed by atoms with Crippen LogP contribution in [0.5, 0.6) is 0 Å². The number of unbranched alkanes of at least 4 members (excludes halogenated alkanes) is 12. The summed E-state index contributed by atoms with van der Waals surface area (Å²) >= 11 is 0. The Bertz CT molecular complexity index is 568. The zero-order valence-electron chi connectivity index (χ0n) is 27.6. The van der Waals surface area contributed by atoms with Gasteiger partial charge in [-0.15, -0.1) is 0 Å². The zero-order chi connectivity index (χ0) is 29.9. The van der Waals surface area contributed by atoms with Crippen LogP contribution in [-0.2, 0) is 28.5 Å². The molecule has 0 amide bonds. The fourth-order valence-corrected chi connectivity index (χ4v) is 5.88. The van der Waals surface area contributed by atoms with Crippen LogP contribution in [0.2, 0.25) is 0 Å². The quantitative estimate of drug-likeness (QED) is 0.0694. The highest BCUT2D eigenvalue weighted by atomic mass is 16.7. The third-order valence-corrected chi connectivity index (χ3v) is 8.51. The summed E-state index contributed by atoms with van der Waals surface area (Å²) < 4.78 is 28.9. The van der Waals surface area contributed by atoms with Gasteiger partial charge in [0.1, 0.15) is 6.10 Å². The van der Waals surface area contributed by atoms with Gasteiger partial charge in [-0.3, -0.25) is 4.79 Å². The predicted molar refractivity (Wildman–Crippen MR) is 171 cm³/mol. The summed E-state index contributed by atoms with van der Waals surface area (Å²) in [7, 11) is 4.10. The lowest BCUT2D eigenvalue weighted by Gasteiger charge is -2.22. The summed E-state index contributed by atoms with van der Waals surface area (Å²) in [5.74, 6) is -0.0106. The maximum Gasteiger partial charge on any atom is 0.306 e. The highest BCUT2D eigenvalue weighted by Crippen LogP contribution is 2.19. The molecule has 0 saturated carbocycles. The Morgan fingerprint density at radius 2 is 1.10 bits per heavy atom. The van der Waals surface area contributed by atoms with Gasteiger partial charge in [0, 0.05) is 32.8 Å². The molecule has 248 valence electrons. The molecule has 7 nitrogen and oxygen atoms in total. The molecule has 42 heavy (non-hydrogen) atoms. The number of hydrogen-bond donors (Lipinski definition) is 0. The number of nitrogens with zero attached hydrogens (tertiary/aromatic N) is 1. The highest BCUT2D eigenvalue weighted by molar-refractivity contribution is 5.69. The van der Waals surface area contributed by atoms with Gasteiger partial charge in [-0.05, 0) is 104 Å². The van der Waals surface area contributed by atoms with Crippen molar-refractivity contribution in [1.29, 1.82) is 0 Å². The zero-order valence-corrected chi connectivity index (χ0v) is 27.6. The maximum atomic E-state index is 12.5. The monoisotopic (exact) mass is 597 g/mol. The smallest absolute Gasteiger partial charge is 0.306 e. The summed E-state index contributed by atoms with van der Waals surface area (Å²) in [6.45, 7) is 4.31. The third-order valence-electron chi connectivity index (χ3n) is 8.51. The number of esters is 1. The van der Waals surface area contributed by atoms with Gasteiger partial charge in [-0.2, -0.15) is 0 Å². The lowest BCUT2D eigenvalue weighted by atomic mass is 10.0. The van der Waals surface area contributed by atoms with E-state index in [9.17, 15) is 4.79 Å². The van der Waals surface area contributed by atoms with Gasteiger partial charge in [-0.1, -0.05) is 64.2 Å². The minimum absolute atomic E-state index is 0.0106. The van der Waals surface area contributed by atoms with Crippen LogP contribution in [0.25, 0.3) is 0 Å². The van der Waals surface area contributed by atoms with Crippen molar-refractivity contribution in [2.75, 3.05) is 47.1 Å². The number of ether oxygens (including phenoxy) is 5. The molecule has 2 fully saturated rings. The number of hydrogen-bond acceptors (Lipinski definition) is 7. The number of carbonyl (C=O) groups is 1. The Morgan fingerprint density at radius 1 is 0.643 bits per heavy atom. The summed E-state index contributed by atoms with van der Waals surface area (Å²) in [5, 5.41) is 0. The van der Waals surface area contributed by atoms with Crippen LogP contribution in [0, 0.1) is 0 Å². The summed E-state index contributed by atoms with van der Waals surface area (Å²) in [5.41, 5.74) is 0. The largest absolute Gasteiger partial charge is 0.462 e. The first kappa shape index (κ1) is 37.5. The fourth-order valence-electron chi connectivity index (χ4n) is 5.88. The Kier molecular flexibility index (Phi) is 23.8. The second-order valence-electron chi connectivity index (χ2n) is 12.9. The van der Waals surface area contributed by atoms with E-state index in [0.717, 1.165) is 90.8 Å². The molecule has 2 heterocycles. The molecule has 2 atom stereocenters. The van der Waals surface area contributed by atoms with E-state index >= 15 is 0 Å². The molecule has 0 radical (unpaired) electrons. The fraction of sp³-hybridized carbons (Fsp3) is 0.971. The summed E-state index contributed by atoms with van der Waals surface area (Å²) in [4.78, 5) is 14.6. The summed E-state index contributed by atoms with van der Waals surface area (Å²) in [6.07, 6.45) is 27.7. The lowest BCUT2D eigenvalue weighted by molar-refractivity contribution is -0.163. The second-order valence-corrected chi connectivity index (χ2v) is 12.9. The van der Waals surface area contributed by atoms with E-state index in [2.05, 4.69) is 19.0 Å². The van der Waals surface area contributed by atoms with Crippen molar-refractivity contribution in [3.63, 3.8) is 0 Å². The molecule has 0 aliphatic carbocycles. The molecule has 0 aromatic carbocycles. The van der Waals surface area contributed by atoms with E-state index in [-0.39, 0.29) is 24.7 Å². The molecule has 0 bridgehead atoms. The third kappa shape index (κ3) is 21.9. The van der Waals surface area contributed by atoms with Crippen molar-refractivity contribution in [3.05, 3.63) is 0 Å². The Hall–Kier alpha value is -0.730. The molecule has 2 aliphatic heterocycles. The van der Waals surface area contributed by atoms with E-state index < -0.39 is 0 Å². The molecule has 2 aliphatic rings.